The Bertz CT molecular complexity index is 582. The highest BCUT2D eigenvalue weighted by atomic mass is 79.9. The van der Waals surface area contributed by atoms with E-state index in [0.717, 1.165) is 11.1 Å². The van der Waals surface area contributed by atoms with Crippen molar-refractivity contribution < 1.29 is 8.78 Å². The summed E-state index contributed by atoms with van der Waals surface area (Å²) >= 11 is 6.89. The van der Waals surface area contributed by atoms with E-state index in [1.807, 2.05) is 0 Å². The van der Waals surface area contributed by atoms with E-state index in [4.69, 9.17) is 0 Å². The number of hydrogen-bond acceptors (Lipinski definition) is 0. The van der Waals surface area contributed by atoms with Crippen molar-refractivity contribution in [2.75, 3.05) is 0 Å². The van der Waals surface area contributed by atoms with Gasteiger partial charge < -0.3 is 0 Å². The summed E-state index contributed by atoms with van der Waals surface area (Å²) in [7, 11) is 0. The summed E-state index contributed by atoms with van der Waals surface area (Å²) in [6, 6.07) is 9.47. The maximum Gasteiger partial charge on any atom is 0.126 e. The highest BCUT2D eigenvalue weighted by Gasteiger charge is 2.15. The Hall–Kier alpha value is -0.740. The lowest BCUT2D eigenvalue weighted by atomic mass is 10.0. The topological polar surface area (TPSA) is 0 Å². The molecule has 1 unspecified atom stereocenters. The fourth-order valence-electron chi connectivity index (χ4n) is 1.71. The van der Waals surface area contributed by atoms with Crippen LogP contribution in [-0.4, -0.2) is 0 Å². The van der Waals surface area contributed by atoms with Crippen molar-refractivity contribution in [1.82, 2.24) is 0 Å². The van der Waals surface area contributed by atoms with Crippen LogP contribution in [0.25, 0.3) is 0 Å². The van der Waals surface area contributed by atoms with Crippen LogP contribution in [0, 0.1) is 18.6 Å². The average Bonchev–Trinajstić information content (AvgIpc) is 2.32. The van der Waals surface area contributed by atoms with Gasteiger partial charge in [0.2, 0.25) is 0 Å². The van der Waals surface area contributed by atoms with Gasteiger partial charge in [0.15, 0.2) is 0 Å². The minimum Gasteiger partial charge on any atom is -0.207 e. The molecule has 0 radical (unpaired) electrons. The first-order chi connectivity index (χ1) is 8.49. The third-order valence-electron chi connectivity index (χ3n) is 2.71. The first-order valence-corrected chi connectivity index (χ1v) is 7.05. The molecule has 0 aromatic heterocycles. The smallest absolute Gasteiger partial charge is 0.126 e. The largest absolute Gasteiger partial charge is 0.207 e. The van der Waals surface area contributed by atoms with Crippen LogP contribution in [0.2, 0.25) is 0 Å². The van der Waals surface area contributed by atoms with Gasteiger partial charge in [-0.3, -0.25) is 0 Å². The predicted molar refractivity (Wildman–Crippen MR) is 76.0 cm³/mol. The zero-order valence-corrected chi connectivity index (χ0v) is 12.7. The van der Waals surface area contributed by atoms with E-state index in [9.17, 15) is 8.78 Å². The molecule has 0 N–H and O–H groups in total. The summed E-state index contributed by atoms with van der Waals surface area (Å²) in [6.45, 7) is 1.72. The maximum atomic E-state index is 13.2. The second-order valence-electron chi connectivity index (χ2n) is 4.04. The van der Waals surface area contributed by atoms with E-state index in [2.05, 4.69) is 31.9 Å². The molecule has 94 valence electrons. The zero-order valence-electron chi connectivity index (χ0n) is 9.55. The summed E-state index contributed by atoms with van der Waals surface area (Å²) < 4.78 is 26.9. The molecule has 0 fully saturated rings. The van der Waals surface area contributed by atoms with Crippen LogP contribution < -0.4 is 0 Å². The monoisotopic (exact) mass is 374 g/mol. The van der Waals surface area contributed by atoms with Crippen LogP contribution in [0.3, 0.4) is 0 Å². The zero-order chi connectivity index (χ0) is 13.3. The molecular formula is C14H10Br2F2. The van der Waals surface area contributed by atoms with Gasteiger partial charge in [-0.2, -0.15) is 0 Å². The van der Waals surface area contributed by atoms with Crippen LogP contribution >= 0.6 is 31.9 Å². The van der Waals surface area contributed by atoms with Gasteiger partial charge in [-0.05, 0) is 41.8 Å². The Balaban J connectivity index is 2.41. The minimum absolute atomic E-state index is 0.105. The lowest BCUT2D eigenvalue weighted by Gasteiger charge is -2.13. The first kappa shape index (κ1) is 13.7. The Morgan fingerprint density at radius 2 is 1.78 bits per heavy atom. The molecule has 0 aliphatic heterocycles. The van der Waals surface area contributed by atoms with Gasteiger partial charge in [0.1, 0.15) is 11.6 Å². The molecular weight excluding hydrogens is 366 g/mol. The molecule has 0 heterocycles. The van der Waals surface area contributed by atoms with Crippen LogP contribution in [-0.2, 0) is 0 Å². The van der Waals surface area contributed by atoms with E-state index < -0.39 is 0 Å². The highest BCUT2D eigenvalue weighted by molar-refractivity contribution is 9.11. The van der Waals surface area contributed by atoms with Gasteiger partial charge in [-0.25, -0.2) is 8.78 Å². The number of benzene rings is 2. The van der Waals surface area contributed by atoms with Crippen LogP contribution in [0.15, 0.2) is 40.9 Å². The van der Waals surface area contributed by atoms with Gasteiger partial charge in [-0.1, -0.05) is 50.1 Å². The third-order valence-corrected chi connectivity index (χ3v) is 4.42. The van der Waals surface area contributed by atoms with Gasteiger partial charge >= 0.3 is 0 Å². The van der Waals surface area contributed by atoms with E-state index in [0.29, 0.717) is 10.0 Å². The van der Waals surface area contributed by atoms with Crippen molar-refractivity contribution in [3.05, 3.63) is 69.2 Å². The molecule has 0 amide bonds. The Kier molecular flexibility index (Phi) is 4.17. The molecule has 1 atom stereocenters. The fourth-order valence-corrected chi connectivity index (χ4v) is 3.28. The fraction of sp³-hybridized carbons (Fsp3) is 0.143. The predicted octanol–water partition coefficient (Wildman–Crippen LogP) is 5.52. The van der Waals surface area contributed by atoms with E-state index >= 15 is 0 Å². The number of alkyl halides is 1. The lowest BCUT2D eigenvalue weighted by Crippen LogP contribution is -1.96. The number of aryl methyl sites for hydroxylation is 1. The standard InChI is InChI=1S/C14H10Br2F2/c1-8-6-9(2-5-13(8)18)14(16)11-4-3-10(17)7-12(11)15/h2-7,14H,1H3. The SMILES string of the molecule is Cc1cc(C(Br)c2ccc(F)cc2Br)ccc1F. The van der Waals surface area contributed by atoms with Gasteiger partial charge in [0, 0.05) is 4.47 Å². The van der Waals surface area contributed by atoms with Crippen LogP contribution in [0.5, 0.6) is 0 Å². The van der Waals surface area contributed by atoms with Crippen molar-refractivity contribution in [2.24, 2.45) is 0 Å². The quantitative estimate of drug-likeness (QED) is 0.606. The molecule has 0 nitrogen and oxygen atoms in total. The Labute approximate surface area is 121 Å². The summed E-state index contributed by atoms with van der Waals surface area (Å²) in [5.74, 6) is -0.516. The molecule has 2 aromatic rings. The van der Waals surface area contributed by atoms with Gasteiger partial charge in [0.25, 0.3) is 0 Å². The molecule has 0 saturated carbocycles. The molecule has 2 rings (SSSR count). The van der Waals surface area contributed by atoms with Gasteiger partial charge in [0.05, 0.1) is 4.83 Å². The number of hydrogen-bond donors (Lipinski definition) is 0. The minimum atomic E-state index is -0.291. The second kappa shape index (κ2) is 5.49. The van der Waals surface area contributed by atoms with Crippen molar-refractivity contribution in [3.63, 3.8) is 0 Å². The highest BCUT2D eigenvalue weighted by Crippen LogP contribution is 2.36. The first-order valence-electron chi connectivity index (χ1n) is 5.34. The van der Waals surface area contributed by atoms with Crippen molar-refractivity contribution in [2.45, 2.75) is 11.8 Å². The van der Waals surface area contributed by atoms with Crippen molar-refractivity contribution >= 4 is 31.9 Å². The van der Waals surface area contributed by atoms with E-state index in [1.165, 1.54) is 18.2 Å². The second-order valence-corrected chi connectivity index (χ2v) is 5.81. The summed E-state index contributed by atoms with van der Waals surface area (Å²) in [6.07, 6.45) is 0. The number of rotatable bonds is 2. The third kappa shape index (κ3) is 2.81. The summed E-state index contributed by atoms with van der Waals surface area (Å²) in [4.78, 5) is -0.105. The Morgan fingerprint density at radius 1 is 1.06 bits per heavy atom. The summed E-state index contributed by atoms with van der Waals surface area (Å²) in [5.41, 5.74) is 2.43. The van der Waals surface area contributed by atoms with E-state index in [1.54, 1.807) is 25.1 Å². The molecule has 0 saturated heterocycles. The number of halogens is 4. The van der Waals surface area contributed by atoms with Crippen molar-refractivity contribution in [1.29, 1.82) is 0 Å². The normalized spacial score (nSPS) is 12.5. The van der Waals surface area contributed by atoms with Gasteiger partial charge in [-0.15, -0.1) is 0 Å². The molecule has 4 heteroatoms. The lowest BCUT2D eigenvalue weighted by molar-refractivity contribution is 0.617. The van der Waals surface area contributed by atoms with E-state index in [-0.39, 0.29) is 16.5 Å². The Morgan fingerprint density at radius 3 is 2.39 bits per heavy atom. The average molecular weight is 376 g/mol. The molecule has 0 aliphatic carbocycles. The maximum absolute atomic E-state index is 13.2. The molecule has 2 aromatic carbocycles. The van der Waals surface area contributed by atoms with Crippen LogP contribution in [0.1, 0.15) is 21.5 Å². The summed E-state index contributed by atoms with van der Waals surface area (Å²) in [5, 5.41) is 0. The molecule has 0 aliphatic rings. The molecule has 0 spiro atoms. The van der Waals surface area contributed by atoms with Crippen molar-refractivity contribution in [3.8, 4) is 0 Å². The molecule has 0 bridgehead atoms. The molecule has 18 heavy (non-hydrogen) atoms. The van der Waals surface area contributed by atoms with Crippen LogP contribution in [0.4, 0.5) is 8.78 Å².